The Labute approximate surface area is 162 Å². The van der Waals surface area contributed by atoms with Gasteiger partial charge in [-0.05, 0) is 30.0 Å². The second kappa shape index (κ2) is 7.85. The lowest BCUT2D eigenvalue weighted by Crippen LogP contribution is -2.34. The first-order chi connectivity index (χ1) is 13.7. The molecule has 3 heterocycles. The van der Waals surface area contributed by atoms with Crippen molar-refractivity contribution in [3.05, 3.63) is 53.5 Å². The van der Waals surface area contributed by atoms with E-state index in [1.165, 1.54) is 6.20 Å². The highest BCUT2D eigenvalue weighted by Gasteiger charge is 2.24. The molecule has 0 aliphatic carbocycles. The van der Waals surface area contributed by atoms with Crippen molar-refractivity contribution >= 4 is 11.6 Å². The number of rotatable bonds is 6. The van der Waals surface area contributed by atoms with E-state index in [2.05, 4.69) is 15.4 Å². The number of nitrogens with zero attached hydrogens (tertiary/aromatic N) is 3. The van der Waals surface area contributed by atoms with E-state index in [9.17, 15) is 4.79 Å². The molecular formula is C20H22N4O4. The third-order valence-electron chi connectivity index (χ3n) is 4.86. The Kier molecular flexibility index (Phi) is 5.12. The van der Waals surface area contributed by atoms with Crippen LogP contribution in [0.2, 0.25) is 0 Å². The molecule has 0 saturated carbocycles. The van der Waals surface area contributed by atoms with E-state index >= 15 is 0 Å². The van der Waals surface area contributed by atoms with Crippen LogP contribution in [0.5, 0.6) is 11.5 Å². The van der Waals surface area contributed by atoms with Crippen LogP contribution in [0, 0.1) is 5.92 Å². The smallest absolute Gasteiger partial charge is 0.256 e. The van der Waals surface area contributed by atoms with Gasteiger partial charge in [-0.3, -0.25) is 4.79 Å². The van der Waals surface area contributed by atoms with Crippen LogP contribution in [0.25, 0.3) is 5.65 Å². The van der Waals surface area contributed by atoms with Gasteiger partial charge >= 0.3 is 0 Å². The van der Waals surface area contributed by atoms with Crippen molar-refractivity contribution in [3.63, 3.8) is 0 Å². The van der Waals surface area contributed by atoms with Crippen LogP contribution in [0.1, 0.15) is 21.5 Å². The minimum Gasteiger partial charge on any atom is -0.493 e. The molecule has 28 heavy (non-hydrogen) atoms. The molecule has 4 rings (SSSR count). The van der Waals surface area contributed by atoms with Crippen molar-refractivity contribution in [1.29, 1.82) is 0 Å². The van der Waals surface area contributed by atoms with E-state index in [0.29, 0.717) is 30.8 Å². The summed E-state index contributed by atoms with van der Waals surface area (Å²) in [7, 11) is 1.63. The van der Waals surface area contributed by atoms with E-state index in [1.54, 1.807) is 24.0 Å². The molecule has 0 spiro atoms. The number of para-hydroxylation sites is 1. The summed E-state index contributed by atoms with van der Waals surface area (Å²) in [6.07, 6.45) is 6.25. The molecule has 0 saturated heterocycles. The molecule has 0 radical (unpaired) electrons. The fourth-order valence-corrected chi connectivity index (χ4v) is 3.41. The van der Waals surface area contributed by atoms with Gasteiger partial charge in [-0.2, -0.15) is 5.10 Å². The molecule has 1 aromatic carbocycles. The summed E-state index contributed by atoms with van der Waals surface area (Å²) in [5.41, 5.74) is 2.86. The highest BCUT2D eigenvalue weighted by atomic mass is 16.5. The zero-order chi connectivity index (χ0) is 19.5. The van der Waals surface area contributed by atoms with Gasteiger partial charge in [-0.1, -0.05) is 12.1 Å². The molecule has 8 nitrogen and oxygen atoms in total. The minimum atomic E-state index is -0.214. The number of aliphatic hydroxyl groups excluding tert-OH is 1. The lowest BCUT2D eigenvalue weighted by Gasteiger charge is -2.26. The van der Waals surface area contributed by atoms with Crippen LogP contribution in [-0.2, 0) is 12.8 Å². The summed E-state index contributed by atoms with van der Waals surface area (Å²) in [4.78, 5) is 16.9. The van der Waals surface area contributed by atoms with E-state index < -0.39 is 0 Å². The summed E-state index contributed by atoms with van der Waals surface area (Å²) in [6, 6.07) is 5.84. The number of amides is 1. The summed E-state index contributed by atoms with van der Waals surface area (Å²) in [6.45, 7) is 1.06. The van der Waals surface area contributed by atoms with Crippen LogP contribution < -0.4 is 14.8 Å². The maximum Gasteiger partial charge on any atom is 0.256 e. The Bertz CT molecular complexity index is 1000. The molecule has 0 bridgehead atoms. The number of ether oxygens (including phenoxy) is 2. The van der Waals surface area contributed by atoms with E-state index in [-0.39, 0.29) is 18.4 Å². The van der Waals surface area contributed by atoms with Crippen molar-refractivity contribution < 1.29 is 19.4 Å². The number of fused-ring (bicyclic) bond motifs is 2. The SMILES string of the molecule is COc1cccc2c1OCC(CNC(=O)c1cnn3cc(CCO)cnc13)C2. The van der Waals surface area contributed by atoms with Gasteiger partial charge in [0.05, 0.1) is 19.9 Å². The molecule has 1 atom stereocenters. The first kappa shape index (κ1) is 18.2. The molecule has 8 heteroatoms. The van der Waals surface area contributed by atoms with Gasteiger partial charge in [0.25, 0.3) is 5.91 Å². The Morgan fingerprint density at radius 3 is 3.14 bits per heavy atom. The summed E-state index contributed by atoms with van der Waals surface area (Å²) in [5.74, 6) is 1.49. The fourth-order valence-electron chi connectivity index (χ4n) is 3.41. The molecule has 146 valence electrons. The van der Waals surface area contributed by atoms with E-state index in [0.717, 1.165) is 29.0 Å². The van der Waals surface area contributed by atoms with Crippen LogP contribution in [0.4, 0.5) is 0 Å². The molecule has 1 aliphatic heterocycles. The Balaban J connectivity index is 1.41. The van der Waals surface area contributed by atoms with Crippen molar-refractivity contribution in [2.75, 3.05) is 26.9 Å². The van der Waals surface area contributed by atoms with Gasteiger partial charge < -0.3 is 19.9 Å². The molecule has 1 amide bonds. The molecule has 2 N–H and O–H groups in total. The average Bonchev–Trinajstić information content (AvgIpc) is 3.15. The number of methoxy groups -OCH3 is 1. The number of hydrogen-bond acceptors (Lipinski definition) is 6. The van der Waals surface area contributed by atoms with Crippen molar-refractivity contribution in [1.82, 2.24) is 19.9 Å². The quantitative estimate of drug-likeness (QED) is 0.666. The number of benzene rings is 1. The Morgan fingerprint density at radius 2 is 2.32 bits per heavy atom. The lowest BCUT2D eigenvalue weighted by atomic mass is 9.96. The topological polar surface area (TPSA) is 98.0 Å². The zero-order valence-corrected chi connectivity index (χ0v) is 15.6. The van der Waals surface area contributed by atoms with Gasteiger partial charge in [-0.25, -0.2) is 9.50 Å². The highest BCUT2D eigenvalue weighted by molar-refractivity contribution is 5.99. The molecule has 2 aromatic heterocycles. The normalized spacial score (nSPS) is 15.7. The third-order valence-corrected chi connectivity index (χ3v) is 4.86. The molecule has 1 aliphatic rings. The monoisotopic (exact) mass is 382 g/mol. The molecule has 3 aromatic rings. The van der Waals surface area contributed by atoms with Crippen LogP contribution in [0.15, 0.2) is 36.8 Å². The van der Waals surface area contributed by atoms with Crippen molar-refractivity contribution in [2.45, 2.75) is 12.8 Å². The fraction of sp³-hybridized carbons (Fsp3) is 0.350. The summed E-state index contributed by atoms with van der Waals surface area (Å²) >= 11 is 0. The maximum atomic E-state index is 12.6. The van der Waals surface area contributed by atoms with Gasteiger partial charge in [-0.15, -0.1) is 0 Å². The first-order valence-electron chi connectivity index (χ1n) is 9.19. The number of carbonyl (C=O) groups excluding carboxylic acids is 1. The standard InChI is InChI=1S/C20H22N4O4/c1-27-17-4-2-3-15-7-14(12-28-18(15)17)9-22-20(26)16-10-23-24-11-13(5-6-25)8-21-19(16)24/h2-4,8,10-11,14,25H,5-7,9,12H2,1H3,(H,22,26). The summed E-state index contributed by atoms with van der Waals surface area (Å²) in [5, 5.41) is 16.2. The van der Waals surface area contributed by atoms with Crippen LogP contribution in [-0.4, -0.2) is 52.5 Å². The van der Waals surface area contributed by atoms with Gasteiger partial charge in [0.15, 0.2) is 17.1 Å². The van der Waals surface area contributed by atoms with Crippen LogP contribution in [0.3, 0.4) is 0 Å². The number of nitrogens with one attached hydrogen (secondary N) is 1. The first-order valence-corrected chi connectivity index (χ1v) is 9.19. The highest BCUT2D eigenvalue weighted by Crippen LogP contribution is 2.35. The molecule has 0 fully saturated rings. The zero-order valence-electron chi connectivity index (χ0n) is 15.6. The average molecular weight is 382 g/mol. The summed E-state index contributed by atoms with van der Waals surface area (Å²) < 4.78 is 12.8. The lowest BCUT2D eigenvalue weighted by molar-refractivity contribution is 0.0940. The predicted molar refractivity (Wildman–Crippen MR) is 102 cm³/mol. The van der Waals surface area contributed by atoms with E-state index in [1.807, 2.05) is 18.2 Å². The number of carbonyl (C=O) groups is 1. The molecular weight excluding hydrogens is 360 g/mol. The Hall–Kier alpha value is -3.13. The molecule has 1 unspecified atom stereocenters. The number of aromatic nitrogens is 3. The van der Waals surface area contributed by atoms with Gasteiger partial charge in [0, 0.05) is 31.5 Å². The predicted octanol–water partition coefficient (Wildman–Crippen LogP) is 1.25. The Morgan fingerprint density at radius 1 is 1.43 bits per heavy atom. The second-order valence-corrected chi connectivity index (χ2v) is 6.80. The van der Waals surface area contributed by atoms with Crippen molar-refractivity contribution in [3.8, 4) is 11.5 Å². The van der Waals surface area contributed by atoms with Gasteiger partial charge in [0.1, 0.15) is 5.56 Å². The van der Waals surface area contributed by atoms with Crippen LogP contribution >= 0.6 is 0 Å². The van der Waals surface area contributed by atoms with E-state index in [4.69, 9.17) is 14.6 Å². The second-order valence-electron chi connectivity index (χ2n) is 6.80. The third kappa shape index (κ3) is 3.50. The van der Waals surface area contributed by atoms with Gasteiger partial charge in [0.2, 0.25) is 0 Å². The maximum absolute atomic E-state index is 12.6. The number of hydrogen-bond donors (Lipinski definition) is 2. The largest absolute Gasteiger partial charge is 0.493 e. The number of aliphatic hydroxyl groups is 1. The van der Waals surface area contributed by atoms with Crippen molar-refractivity contribution in [2.24, 2.45) is 5.92 Å². The minimum absolute atomic E-state index is 0.0419.